The van der Waals surface area contributed by atoms with Gasteiger partial charge in [0.25, 0.3) is 5.56 Å². The Morgan fingerprint density at radius 2 is 2.05 bits per heavy atom. The molecule has 2 aromatic rings. The average Bonchev–Trinajstić information content (AvgIpc) is 2.43. The predicted octanol–water partition coefficient (Wildman–Crippen LogP) is 0.582. The molecular weight excluding hydrogens is 293 g/mol. The number of H-pyrrole nitrogens is 1. The van der Waals surface area contributed by atoms with Crippen molar-refractivity contribution in [2.45, 2.75) is 12.8 Å². The number of nitrogens with two attached hydrogens (primary N) is 1. The number of aryl methyl sites for hydroxylation is 1. The van der Waals surface area contributed by atoms with Gasteiger partial charge in [-0.3, -0.25) is 14.4 Å². The zero-order valence-corrected chi connectivity index (χ0v) is 11.5. The largest absolute Gasteiger partial charge is 0.480 e. The summed E-state index contributed by atoms with van der Waals surface area (Å²) in [6.07, 6.45) is 0.336. The van der Waals surface area contributed by atoms with Gasteiger partial charge in [0, 0.05) is 12.1 Å². The fourth-order valence-electron chi connectivity index (χ4n) is 2.04. The van der Waals surface area contributed by atoms with E-state index >= 15 is 0 Å². The number of hydrogen-bond donors (Lipinski definition) is 4. The molecule has 0 unspecified atom stereocenters. The number of aromatic nitrogens is 1. The van der Waals surface area contributed by atoms with Crippen molar-refractivity contribution < 1.29 is 19.1 Å². The number of aliphatic carboxylic acids is 1. The lowest BCUT2D eigenvalue weighted by Gasteiger charge is -2.08. The number of carbonyl (C=O) groups excluding carboxylic acids is 1. The van der Waals surface area contributed by atoms with E-state index < -0.39 is 29.8 Å². The molecule has 0 fully saturated rings. The molecule has 7 nitrogen and oxygen atoms in total. The zero-order chi connectivity index (χ0) is 16.3. The lowest BCUT2D eigenvalue weighted by Crippen LogP contribution is -2.15. The molecule has 116 valence electrons. The molecule has 0 saturated carbocycles. The lowest BCUT2D eigenvalue weighted by atomic mass is 10.1. The number of nitrogens with one attached hydrogen (secondary N) is 2. The topological polar surface area (TPSA) is 125 Å². The molecule has 0 aliphatic rings. The Labute approximate surface area is 123 Å². The number of aromatic amines is 1. The van der Waals surface area contributed by atoms with Crippen LogP contribution in [0, 0.1) is 5.82 Å². The van der Waals surface area contributed by atoms with Crippen LogP contribution in [0.5, 0.6) is 0 Å². The summed E-state index contributed by atoms with van der Waals surface area (Å²) in [6, 6.07) is 4.00. The van der Waals surface area contributed by atoms with E-state index in [4.69, 9.17) is 10.8 Å². The van der Waals surface area contributed by atoms with Gasteiger partial charge in [-0.05, 0) is 30.0 Å². The first kappa shape index (κ1) is 15.5. The molecular formula is C14H14FN3O4. The second-order valence-electron chi connectivity index (χ2n) is 4.76. The number of carboxylic acid groups (broad SMARTS) is 1. The lowest BCUT2D eigenvalue weighted by molar-refractivity contribution is -0.135. The number of primary amides is 1. The maximum atomic E-state index is 13.8. The predicted molar refractivity (Wildman–Crippen MR) is 78.2 cm³/mol. The molecule has 1 amide bonds. The smallest absolute Gasteiger partial charge is 0.322 e. The molecule has 22 heavy (non-hydrogen) atoms. The summed E-state index contributed by atoms with van der Waals surface area (Å²) in [4.78, 5) is 35.8. The summed E-state index contributed by atoms with van der Waals surface area (Å²) in [6.45, 7) is -0.444. The van der Waals surface area contributed by atoms with Gasteiger partial charge < -0.3 is 21.1 Å². The summed E-state index contributed by atoms with van der Waals surface area (Å²) in [5.74, 6) is -2.35. The van der Waals surface area contributed by atoms with E-state index in [1.165, 1.54) is 6.07 Å². The van der Waals surface area contributed by atoms with Gasteiger partial charge in [-0.2, -0.15) is 0 Å². The molecule has 0 aliphatic carbocycles. The Kier molecular flexibility index (Phi) is 4.40. The van der Waals surface area contributed by atoms with Crippen LogP contribution in [0.3, 0.4) is 0 Å². The van der Waals surface area contributed by atoms with Gasteiger partial charge in [0.05, 0.1) is 11.1 Å². The highest BCUT2D eigenvalue weighted by Crippen LogP contribution is 2.21. The van der Waals surface area contributed by atoms with Crippen molar-refractivity contribution in [3.05, 3.63) is 40.1 Å². The zero-order valence-electron chi connectivity index (χ0n) is 11.5. The maximum absolute atomic E-state index is 13.8. The van der Waals surface area contributed by atoms with Gasteiger partial charge in [0.15, 0.2) is 0 Å². The molecule has 1 heterocycles. The van der Waals surface area contributed by atoms with Gasteiger partial charge >= 0.3 is 5.97 Å². The molecule has 8 heteroatoms. The molecule has 0 bridgehead atoms. The molecule has 1 aromatic carbocycles. The second kappa shape index (κ2) is 6.25. The first-order valence-corrected chi connectivity index (χ1v) is 6.46. The quantitative estimate of drug-likeness (QED) is 0.621. The van der Waals surface area contributed by atoms with E-state index in [0.717, 1.165) is 6.07 Å². The summed E-state index contributed by atoms with van der Waals surface area (Å²) >= 11 is 0. The third-order valence-corrected chi connectivity index (χ3v) is 3.06. The van der Waals surface area contributed by atoms with Gasteiger partial charge in [-0.15, -0.1) is 0 Å². The van der Waals surface area contributed by atoms with E-state index in [-0.39, 0.29) is 23.9 Å². The molecule has 0 aliphatic heterocycles. The number of benzene rings is 1. The molecule has 5 N–H and O–H groups in total. The molecule has 1 aromatic heterocycles. The van der Waals surface area contributed by atoms with Crippen molar-refractivity contribution >= 4 is 28.3 Å². The van der Waals surface area contributed by atoms with Crippen molar-refractivity contribution in [2.75, 3.05) is 11.9 Å². The van der Waals surface area contributed by atoms with Gasteiger partial charge in [-0.1, -0.05) is 0 Å². The van der Waals surface area contributed by atoms with Crippen molar-refractivity contribution in [1.29, 1.82) is 0 Å². The number of fused-ring (bicyclic) bond motifs is 1. The number of rotatable bonds is 6. The van der Waals surface area contributed by atoms with E-state index in [0.29, 0.717) is 11.1 Å². The number of carbonyl (C=O) groups is 2. The van der Waals surface area contributed by atoms with Crippen molar-refractivity contribution in [1.82, 2.24) is 4.98 Å². The summed E-state index contributed by atoms with van der Waals surface area (Å²) in [5.41, 5.74) is 5.05. The van der Waals surface area contributed by atoms with Crippen molar-refractivity contribution in [3.63, 3.8) is 0 Å². The van der Waals surface area contributed by atoms with E-state index in [1.807, 2.05) is 0 Å². The van der Waals surface area contributed by atoms with E-state index in [2.05, 4.69) is 10.3 Å². The Balaban J connectivity index is 2.41. The SMILES string of the molecule is NC(=O)CCc1cc2cc(NCC(=O)O)c(F)cc2c(=O)[nH]1. The number of pyridine rings is 1. The highest BCUT2D eigenvalue weighted by molar-refractivity contribution is 5.86. The third kappa shape index (κ3) is 3.60. The molecule has 0 radical (unpaired) electrons. The van der Waals surface area contributed by atoms with Crippen LogP contribution in [-0.2, 0) is 16.0 Å². The number of carboxylic acids is 1. The van der Waals surface area contributed by atoms with Crippen LogP contribution >= 0.6 is 0 Å². The van der Waals surface area contributed by atoms with Crippen LogP contribution in [-0.4, -0.2) is 28.5 Å². The van der Waals surface area contributed by atoms with E-state index in [1.54, 1.807) is 6.07 Å². The minimum atomic E-state index is -1.13. The number of anilines is 1. The van der Waals surface area contributed by atoms with Crippen LogP contribution in [0.4, 0.5) is 10.1 Å². The van der Waals surface area contributed by atoms with Gasteiger partial charge in [-0.25, -0.2) is 4.39 Å². The Bertz CT molecular complexity index is 801. The summed E-state index contributed by atoms with van der Waals surface area (Å²) in [7, 11) is 0. The second-order valence-corrected chi connectivity index (χ2v) is 4.76. The van der Waals surface area contributed by atoms with Gasteiger partial charge in [0.1, 0.15) is 12.4 Å². The number of hydrogen-bond acceptors (Lipinski definition) is 4. The summed E-state index contributed by atoms with van der Waals surface area (Å²) < 4.78 is 13.8. The third-order valence-electron chi connectivity index (χ3n) is 3.06. The minimum absolute atomic E-state index is 0.0126. The average molecular weight is 307 g/mol. The standard InChI is InChI=1S/C14H14FN3O4/c15-10-5-9-7(4-11(10)17-6-13(20)21)3-8(18-14(9)22)1-2-12(16)19/h3-5,17H,1-2,6H2,(H2,16,19)(H,18,22)(H,20,21). The fourth-order valence-corrected chi connectivity index (χ4v) is 2.04. The highest BCUT2D eigenvalue weighted by Gasteiger charge is 2.10. The van der Waals surface area contributed by atoms with Gasteiger partial charge in [0.2, 0.25) is 5.91 Å². The van der Waals surface area contributed by atoms with Crippen LogP contribution in [0.1, 0.15) is 12.1 Å². The fraction of sp³-hybridized carbons (Fsp3) is 0.214. The highest BCUT2D eigenvalue weighted by atomic mass is 19.1. The van der Waals surface area contributed by atoms with Crippen LogP contribution in [0.15, 0.2) is 23.0 Å². The maximum Gasteiger partial charge on any atom is 0.322 e. The van der Waals surface area contributed by atoms with Crippen LogP contribution < -0.4 is 16.6 Å². The molecule has 2 rings (SSSR count). The molecule has 0 spiro atoms. The number of amides is 1. The number of halogens is 1. The van der Waals surface area contributed by atoms with E-state index in [9.17, 15) is 18.8 Å². The molecule has 0 saturated heterocycles. The van der Waals surface area contributed by atoms with Crippen molar-refractivity contribution in [3.8, 4) is 0 Å². The molecule has 0 atom stereocenters. The Hall–Kier alpha value is -2.90. The van der Waals surface area contributed by atoms with Crippen LogP contribution in [0.25, 0.3) is 10.8 Å². The monoisotopic (exact) mass is 307 g/mol. The first-order valence-electron chi connectivity index (χ1n) is 6.46. The van der Waals surface area contributed by atoms with Crippen molar-refractivity contribution in [2.24, 2.45) is 5.73 Å². The summed E-state index contributed by atoms with van der Waals surface area (Å²) in [5, 5.41) is 11.6. The first-order chi connectivity index (χ1) is 10.4. The van der Waals surface area contributed by atoms with Crippen LogP contribution in [0.2, 0.25) is 0 Å². The minimum Gasteiger partial charge on any atom is -0.480 e. The Morgan fingerprint density at radius 3 is 2.68 bits per heavy atom. The normalized spacial score (nSPS) is 10.6. The Morgan fingerprint density at radius 1 is 1.32 bits per heavy atom.